The van der Waals surface area contributed by atoms with E-state index < -0.39 is 26.9 Å². The summed E-state index contributed by atoms with van der Waals surface area (Å²) in [7, 11) is -4.45. The van der Waals surface area contributed by atoms with E-state index in [1.807, 2.05) is 38.1 Å². The van der Waals surface area contributed by atoms with Crippen LogP contribution in [0.5, 0.6) is 0 Å². The van der Waals surface area contributed by atoms with Crippen molar-refractivity contribution in [2.45, 2.75) is 99.7 Å². The van der Waals surface area contributed by atoms with E-state index in [0.29, 0.717) is 44.5 Å². The van der Waals surface area contributed by atoms with Gasteiger partial charge in [-0.05, 0) is 99.7 Å². The standard InChI is InChI=1S/C42H48N4O10S2/c1-41(2)32-25-30(57-56-55-51)16-18-34(32)45-20-9-5-7-14-38(47)43-28-22-27(40(49)50)23-29(24-28)44-39(48)15-8-6-10-21-46-35-19-17-31(58(52,53)54)26-33(35)42(3,4)37(46)13-11-12-36(41)45/h11-13,16-19,22-26H,5-10,14-15,20-21H2,1-4H3,(H4-,43,44,47,48,49,50,51,52,53,54)/p+1/i/hD. The number of hydrogen-bond donors (Lipinski definition) is 5. The van der Waals surface area contributed by atoms with Gasteiger partial charge in [0.25, 0.3) is 11.5 Å². The minimum Gasteiger partial charge on any atom is -0.478 e. The number of fused-ring (bicyclic) bond motifs is 7. The molecule has 3 aromatic rings. The zero-order valence-electron chi connectivity index (χ0n) is 33.9. The van der Waals surface area contributed by atoms with Gasteiger partial charge in [-0.1, -0.05) is 31.4 Å². The number of hydrogen-bond acceptors (Lipinski definition) is 11. The van der Waals surface area contributed by atoms with Crippen LogP contribution < -0.4 is 15.5 Å². The summed E-state index contributed by atoms with van der Waals surface area (Å²) in [6.45, 7) is 9.54. The number of carbonyl (C=O) groups excluding carboxylic acids is 2. The van der Waals surface area contributed by atoms with Crippen molar-refractivity contribution in [1.82, 2.24) is 0 Å². The second kappa shape index (κ2) is 17.6. The van der Waals surface area contributed by atoms with Gasteiger partial charge in [0.05, 0.1) is 27.9 Å². The van der Waals surface area contributed by atoms with Gasteiger partial charge in [-0.3, -0.25) is 14.1 Å². The molecule has 0 aliphatic carbocycles. The molecule has 14 nitrogen and oxygen atoms in total. The van der Waals surface area contributed by atoms with Crippen LogP contribution in [0, 0.1) is 0 Å². The maximum Gasteiger partial charge on any atom is 0.335 e. The molecule has 2 bridgehead atoms. The van der Waals surface area contributed by atoms with Gasteiger partial charge in [0.1, 0.15) is 6.54 Å². The summed E-state index contributed by atoms with van der Waals surface area (Å²) < 4.78 is 48.4. The number of rotatable bonds is 5. The van der Waals surface area contributed by atoms with Crippen LogP contribution in [-0.2, 0) is 39.9 Å². The Morgan fingerprint density at radius 2 is 1.57 bits per heavy atom. The third-order valence-electron chi connectivity index (χ3n) is 11.0. The molecule has 308 valence electrons. The summed E-state index contributed by atoms with van der Waals surface area (Å²) in [4.78, 5) is 41.1. The highest BCUT2D eigenvalue weighted by Gasteiger charge is 2.45. The lowest BCUT2D eigenvalue weighted by Crippen LogP contribution is -2.28. The highest BCUT2D eigenvalue weighted by atomic mass is 32.2. The van der Waals surface area contributed by atoms with E-state index >= 15 is 0 Å². The normalized spacial score (nSPS) is 20.5. The number of allylic oxidation sites excluding steroid dienone is 4. The predicted molar refractivity (Wildman–Crippen MR) is 221 cm³/mol. The first kappa shape index (κ1) is 41.3. The summed E-state index contributed by atoms with van der Waals surface area (Å²) in [5, 5.41) is 22.4. The van der Waals surface area contributed by atoms with Gasteiger partial charge in [-0.15, -0.1) is 4.33 Å². The lowest BCUT2D eigenvalue weighted by atomic mass is 9.81. The predicted octanol–water partition coefficient (Wildman–Crippen LogP) is 8.39. The average molecular weight is 835 g/mol. The van der Waals surface area contributed by atoms with Gasteiger partial charge in [-0.25, -0.2) is 10.1 Å². The van der Waals surface area contributed by atoms with Gasteiger partial charge in [0.2, 0.25) is 17.5 Å². The van der Waals surface area contributed by atoms with Crippen molar-refractivity contribution in [1.29, 1.82) is 1.43 Å². The quantitative estimate of drug-likeness (QED) is 0.0543. The molecule has 0 radical (unpaired) electrons. The minimum absolute atomic E-state index is 0.00539. The van der Waals surface area contributed by atoms with E-state index in [1.54, 1.807) is 12.1 Å². The van der Waals surface area contributed by atoms with Crippen LogP contribution in [-0.4, -0.2) is 64.5 Å². The number of carbonyl (C=O) groups is 3. The molecule has 0 atom stereocenters. The van der Waals surface area contributed by atoms with Crippen molar-refractivity contribution >= 4 is 68.4 Å². The molecule has 58 heavy (non-hydrogen) atoms. The van der Waals surface area contributed by atoms with Crippen molar-refractivity contribution < 1.29 is 51.7 Å². The molecule has 3 aromatic carbocycles. The Morgan fingerprint density at radius 3 is 2.22 bits per heavy atom. The zero-order valence-corrected chi connectivity index (χ0v) is 34.5. The van der Waals surface area contributed by atoms with E-state index in [-0.39, 0.29) is 40.8 Å². The Bertz CT molecular complexity index is 2340. The Kier molecular flexibility index (Phi) is 12.5. The van der Waals surface area contributed by atoms with Crippen LogP contribution >= 0.6 is 12.0 Å². The molecule has 0 unspecified atom stereocenters. The fraction of sp³-hybridized carbons (Fsp3) is 0.381. The first-order chi connectivity index (χ1) is 28.0. The number of carboxylic acids is 1. The number of benzene rings is 3. The minimum atomic E-state index is -4.45. The van der Waals surface area contributed by atoms with Crippen LogP contribution in [0.4, 0.5) is 22.7 Å². The lowest BCUT2D eigenvalue weighted by molar-refractivity contribution is -0.438. The largest absolute Gasteiger partial charge is 0.478 e. The first-order valence-corrected chi connectivity index (χ1v) is 21.4. The Labute approximate surface area is 343 Å². The van der Waals surface area contributed by atoms with E-state index in [1.165, 1.54) is 24.3 Å². The van der Waals surface area contributed by atoms with Crippen LogP contribution in [0.2, 0.25) is 0 Å². The molecule has 5 N–H and O–H groups in total. The molecule has 16 heteroatoms. The van der Waals surface area contributed by atoms with Crippen molar-refractivity contribution in [3.63, 3.8) is 0 Å². The van der Waals surface area contributed by atoms with Gasteiger partial charge in [0, 0.05) is 76.6 Å². The number of carboxylic acid groups (broad SMARTS) is 1. The van der Waals surface area contributed by atoms with Gasteiger partial charge in [-0.2, -0.15) is 13.0 Å². The maximum absolute atomic E-state index is 13.0. The van der Waals surface area contributed by atoms with E-state index in [4.69, 9.17) is 11.0 Å². The topological polar surface area (TPSA) is 195 Å². The van der Waals surface area contributed by atoms with E-state index in [0.717, 1.165) is 63.7 Å². The van der Waals surface area contributed by atoms with Crippen LogP contribution in [0.1, 0.15) is 101 Å². The number of anilines is 3. The Hall–Kier alpha value is -4.84. The summed E-state index contributed by atoms with van der Waals surface area (Å²) in [6, 6.07) is 14.9. The van der Waals surface area contributed by atoms with Crippen LogP contribution in [0.15, 0.2) is 88.3 Å². The maximum atomic E-state index is 13.0. The highest BCUT2D eigenvalue weighted by Crippen LogP contribution is 2.49. The molecule has 0 aromatic heterocycles. The molecule has 0 saturated heterocycles. The monoisotopic (exact) mass is 834 g/mol. The molecule has 0 saturated carbocycles. The summed E-state index contributed by atoms with van der Waals surface area (Å²) >= 11 is 0.890. The summed E-state index contributed by atoms with van der Waals surface area (Å²) in [6.07, 6.45) is 10.6. The van der Waals surface area contributed by atoms with Crippen molar-refractivity contribution in [2.24, 2.45) is 0 Å². The summed E-state index contributed by atoms with van der Waals surface area (Å²) in [5.74, 6) is -1.47. The van der Waals surface area contributed by atoms with Crippen molar-refractivity contribution in [3.05, 3.63) is 95.2 Å². The first-order valence-electron chi connectivity index (χ1n) is 19.6. The zero-order chi connectivity index (χ0) is 42.5. The second-order valence-electron chi connectivity index (χ2n) is 15.7. The number of amides is 2. The number of aromatic carboxylic acids is 1. The molecule has 0 fully saturated rings. The number of nitrogens with zero attached hydrogens (tertiary/aromatic N) is 2. The molecule has 2 amide bonds. The molecule has 0 spiro atoms. The second-order valence-corrected chi connectivity index (χ2v) is 17.9. The fourth-order valence-electron chi connectivity index (χ4n) is 8.09. The molecule has 3 heterocycles. The molecule has 3 aliphatic heterocycles. The third-order valence-corrected chi connectivity index (χ3v) is 12.4. The van der Waals surface area contributed by atoms with E-state index in [9.17, 15) is 27.4 Å². The van der Waals surface area contributed by atoms with Crippen molar-refractivity contribution in [2.75, 3.05) is 28.6 Å². The molecule has 6 rings (SSSR count). The van der Waals surface area contributed by atoms with Crippen LogP contribution in [0.25, 0.3) is 1.43 Å². The average Bonchev–Trinajstić information content (AvgIpc) is 3.53. The number of nitrogens with one attached hydrogen (secondary N) is 2. The smallest absolute Gasteiger partial charge is 0.335 e. The molecular formula is C42H49N4O10S2+. The third kappa shape index (κ3) is 9.38. The Balaban J connectivity index is 1.36. The van der Waals surface area contributed by atoms with E-state index in [2.05, 4.69) is 56.3 Å². The molecular weight excluding hydrogens is 785 g/mol. The Morgan fingerprint density at radius 1 is 0.879 bits per heavy atom. The lowest BCUT2D eigenvalue weighted by Gasteiger charge is -2.27. The summed E-state index contributed by atoms with van der Waals surface area (Å²) in [5.41, 5.74) is 5.09. The van der Waals surface area contributed by atoms with Crippen molar-refractivity contribution in [3.8, 4) is 0 Å². The molecule has 3 aliphatic rings. The fourth-order valence-corrected chi connectivity index (χ4v) is 8.99. The van der Waals surface area contributed by atoms with Crippen LogP contribution in [0.3, 0.4) is 0 Å². The van der Waals surface area contributed by atoms with Gasteiger partial charge >= 0.3 is 5.97 Å². The van der Waals surface area contributed by atoms with Gasteiger partial charge < -0.3 is 20.6 Å². The highest BCUT2D eigenvalue weighted by molar-refractivity contribution is 7.94. The van der Waals surface area contributed by atoms with Gasteiger partial charge in [0.15, 0.2) is 5.71 Å². The SMILES string of the molecule is [2H]OC(=O)c1cc2cc(c1)NC(=O)CCCCC[N+]1=C(/C=C/C=C3/N(CCCCCC(=O)N2)c2ccc(S(=O)(=O)O)cc2C3(C)C)C(C)(C)c2cc(SOOO)ccc21.